The summed E-state index contributed by atoms with van der Waals surface area (Å²) in [7, 11) is 0. The molecule has 1 amide bonds. The Hall–Kier alpha value is -3.18. The number of amides is 1. The van der Waals surface area contributed by atoms with Crippen LogP contribution < -0.4 is 5.73 Å². The summed E-state index contributed by atoms with van der Waals surface area (Å²) >= 11 is 0. The molecule has 0 fully saturated rings. The summed E-state index contributed by atoms with van der Waals surface area (Å²) in [6.45, 7) is 6.33. The normalized spacial score (nSPS) is 14.3. The van der Waals surface area contributed by atoms with E-state index in [-0.39, 0.29) is 5.41 Å². The summed E-state index contributed by atoms with van der Waals surface area (Å²) in [5, 5.41) is 11.3. The van der Waals surface area contributed by atoms with E-state index in [2.05, 4.69) is 25.8 Å². The van der Waals surface area contributed by atoms with Gasteiger partial charge in [0.05, 0.1) is 22.7 Å². The van der Waals surface area contributed by atoms with Crippen molar-refractivity contribution in [3.8, 4) is 0 Å². The van der Waals surface area contributed by atoms with Gasteiger partial charge in [0.25, 0.3) is 5.91 Å². The molecule has 142 valence electrons. The van der Waals surface area contributed by atoms with Crippen molar-refractivity contribution in [3.63, 3.8) is 0 Å². The average Bonchev–Trinajstić information content (AvgIpc) is 3.15. The predicted octanol–water partition coefficient (Wildman–Crippen LogP) is 3.51. The number of nitrogens with zero attached hydrogens (tertiary/aromatic N) is 2. The first kappa shape index (κ1) is 18.2. The summed E-state index contributed by atoms with van der Waals surface area (Å²) in [5.74, 6) is -0.822. The number of rotatable bonds is 3. The molecule has 28 heavy (non-hydrogen) atoms. The van der Waals surface area contributed by atoms with Crippen molar-refractivity contribution in [2.45, 2.75) is 31.8 Å². The van der Waals surface area contributed by atoms with Crippen molar-refractivity contribution >= 4 is 22.5 Å². The number of primary amides is 1. The lowest BCUT2D eigenvalue weighted by Gasteiger charge is -2.27. The van der Waals surface area contributed by atoms with Gasteiger partial charge in [0.2, 0.25) is 0 Å². The molecular weight excluding hydrogens is 350 g/mol. The Morgan fingerprint density at radius 1 is 1.00 bits per heavy atom. The molecule has 0 saturated heterocycles. The number of carbonyl (C=O) groups excluding carboxylic acids is 1. The second-order valence-electron chi connectivity index (χ2n) is 8.17. The Morgan fingerprint density at radius 3 is 2.29 bits per heavy atom. The van der Waals surface area contributed by atoms with E-state index in [9.17, 15) is 9.90 Å². The van der Waals surface area contributed by atoms with Crippen LogP contribution in [0.4, 0.5) is 0 Å². The first-order chi connectivity index (χ1) is 13.2. The first-order valence-electron chi connectivity index (χ1n) is 9.21. The zero-order chi connectivity index (χ0) is 20.1. The fourth-order valence-electron chi connectivity index (χ4n) is 3.57. The van der Waals surface area contributed by atoms with Crippen LogP contribution in [0.2, 0.25) is 0 Å². The van der Waals surface area contributed by atoms with Crippen molar-refractivity contribution in [2.75, 3.05) is 0 Å². The molecule has 5 nitrogen and oxygen atoms in total. The minimum Gasteiger partial charge on any atom is -0.372 e. The van der Waals surface area contributed by atoms with Gasteiger partial charge in [-0.2, -0.15) is 0 Å². The molecule has 2 aromatic heterocycles. The van der Waals surface area contributed by atoms with E-state index in [1.165, 1.54) is 0 Å². The molecular formula is C23H23N3O2. The molecule has 1 unspecified atom stereocenters. The molecule has 0 aliphatic rings. The van der Waals surface area contributed by atoms with Crippen molar-refractivity contribution in [2.24, 2.45) is 5.73 Å². The highest BCUT2D eigenvalue weighted by Crippen LogP contribution is 2.33. The van der Waals surface area contributed by atoms with E-state index in [4.69, 9.17) is 5.73 Å². The minimum absolute atomic E-state index is 0.0294. The zero-order valence-electron chi connectivity index (χ0n) is 16.2. The lowest BCUT2D eigenvalue weighted by atomic mass is 9.82. The SMILES string of the molecule is CC(C)(C)c1ccc(C(O)(C(N)=O)c2ccc3c(c2)ncc2cccn23)cc1. The number of hydrogen-bond acceptors (Lipinski definition) is 3. The highest BCUT2D eigenvalue weighted by Gasteiger charge is 2.38. The number of aromatic nitrogens is 2. The maximum atomic E-state index is 12.4. The Labute approximate surface area is 163 Å². The lowest BCUT2D eigenvalue weighted by Crippen LogP contribution is -2.42. The summed E-state index contributed by atoms with van der Waals surface area (Å²) < 4.78 is 2.01. The maximum absolute atomic E-state index is 12.4. The fraction of sp³-hybridized carbons (Fsp3) is 0.217. The second-order valence-corrected chi connectivity index (χ2v) is 8.17. The second kappa shape index (κ2) is 6.17. The molecule has 0 spiro atoms. The highest BCUT2D eigenvalue weighted by atomic mass is 16.3. The average molecular weight is 373 g/mol. The van der Waals surface area contributed by atoms with Crippen molar-refractivity contribution < 1.29 is 9.90 Å². The van der Waals surface area contributed by atoms with Gasteiger partial charge in [-0.1, -0.05) is 51.1 Å². The number of hydrogen-bond donors (Lipinski definition) is 2. The Balaban J connectivity index is 1.87. The number of carbonyl (C=O) groups is 1. The van der Waals surface area contributed by atoms with Crippen molar-refractivity contribution in [1.29, 1.82) is 0 Å². The van der Waals surface area contributed by atoms with E-state index in [1.54, 1.807) is 30.5 Å². The van der Waals surface area contributed by atoms with Gasteiger partial charge in [0.15, 0.2) is 5.60 Å². The van der Waals surface area contributed by atoms with Crippen LogP contribution in [0.1, 0.15) is 37.5 Å². The standard InChI is InChI=1S/C23H23N3O2/c1-22(2,3)15-6-8-16(9-7-15)23(28,21(24)27)17-10-11-20-19(13-17)25-14-18-5-4-12-26(18)20/h4-14,28H,1-3H3,(H2,24,27). The topological polar surface area (TPSA) is 80.6 Å². The van der Waals surface area contributed by atoms with Crippen LogP contribution in [0.5, 0.6) is 0 Å². The van der Waals surface area contributed by atoms with Gasteiger partial charge in [-0.05, 0) is 46.4 Å². The van der Waals surface area contributed by atoms with Gasteiger partial charge in [-0.25, -0.2) is 0 Å². The van der Waals surface area contributed by atoms with Gasteiger partial charge in [-0.15, -0.1) is 0 Å². The first-order valence-corrected chi connectivity index (χ1v) is 9.21. The monoisotopic (exact) mass is 373 g/mol. The van der Waals surface area contributed by atoms with E-state index in [1.807, 2.05) is 40.9 Å². The summed E-state index contributed by atoms with van der Waals surface area (Å²) in [4.78, 5) is 16.8. The van der Waals surface area contributed by atoms with Gasteiger partial charge in [-0.3, -0.25) is 9.78 Å². The quantitative estimate of drug-likeness (QED) is 0.577. The lowest BCUT2D eigenvalue weighted by molar-refractivity contribution is -0.133. The number of benzene rings is 2. The van der Waals surface area contributed by atoms with Crippen LogP contribution in [0.25, 0.3) is 16.6 Å². The van der Waals surface area contributed by atoms with E-state index in [0.717, 1.165) is 16.6 Å². The zero-order valence-corrected chi connectivity index (χ0v) is 16.2. The predicted molar refractivity (Wildman–Crippen MR) is 110 cm³/mol. The van der Waals surface area contributed by atoms with Crippen LogP contribution in [-0.4, -0.2) is 20.4 Å². The molecule has 4 rings (SSSR count). The molecule has 0 aliphatic carbocycles. The summed E-state index contributed by atoms with van der Waals surface area (Å²) in [6.07, 6.45) is 3.71. The molecule has 3 N–H and O–H groups in total. The van der Waals surface area contributed by atoms with Crippen LogP contribution in [-0.2, 0) is 15.8 Å². The van der Waals surface area contributed by atoms with Crippen LogP contribution in [0.15, 0.2) is 67.0 Å². The third kappa shape index (κ3) is 2.75. The molecule has 5 heteroatoms. The Kier molecular flexibility index (Phi) is 4.01. The van der Waals surface area contributed by atoms with Crippen LogP contribution in [0.3, 0.4) is 0 Å². The van der Waals surface area contributed by atoms with Crippen LogP contribution in [0, 0.1) is 0 Å². The minimum atomic E-state index is -1.93. The molecule has 0 saturated carbocycles. The van der Waals surface area contributed by atoms with Gasteiger partial charge in [0, 0.05) is 6.20 Å². The molecule has 0 aliphatic heterocycles. The number of nitrogens with two attached hydrogens (primary N) is 1. The van der Waals surface area contributed by atoms with Crippen molar-refractivity contribution in [3.05, 3.63) is 83.7 Å². The molecule has 0 radical (unpaired) electrons. The molecule has 2 heterocycles. The Bertz CT molecular complexity index is 1190. The fourth-order valence-corrected chi connectivity index (χ4v) is 3.57. The summed E-state index contributed by atoms with van der Waals surface area (Å²) in [6, 6.07) is 16.6. The van der Waals surface area contributed by atoms with Crippen molar-refractivity contribution in [1.82, 2.24) is 9.38 Å². The summed E-state index contributed by atoms with van der Waals surface area (Å²) in [5.41, 5.74) is 8.19. The van der Waals surface area contributed by atoms with E-state index < -0.39 is 11.5 Å². The molecule has 0 bridgehead atoms. The number of fused-ring (bicyclic) bond motifs is 3. The third-order valence-corrected chi connectivity index (χ3v) is 5.29. The molecule has 2 aromatic carbocycles. The molecule has 4 aromatic rings. The smallest absolute Gasteiger partial charge is 0.258 e. The highest BCUT2D eigenvalue weighted by molar-refractivity contribution is 5.90. The number of aliphatic hydroxyl groups is 1. The van der Waals surface area contributed by atoms with E-state index >= 15 is 0 Å². The molecule has 1 atom stereocenters. The third-order valence-electron chi connectivity index (χ3n) is 5.29. The maximum Gasteiger partial charge on any atom is 0.258 e. The van der Waals surface area contributed by atoms with Gasteiger partial charge >= 0.3 is 0 Å². The largest absolute Gasteiger partial charge is 0.372 e. The Morgan fingerprint density at radius 2 is 1.64 bits per heavy atom. The van der Waals surface area contributed by atoms with Gasteiger partial charge in [0.1, 0.15) is 0 Å². The van der Waals surface area contributed by atoms with Gasteiger partial charge < -0.3 is 15.2 Å². The van der Waals surface area contributed by atoms with Crippen LogP contribution >= 0.6 is 0 Å². The van der Waals surface area contributed by atoms with E-state index in [0.29, 0.717) is 16.6 Å².